The van der Waals surface area contributed by atoms with Gasteiger partial charge in [-0.15, -0.1) is 12.4 Å². The van der Waals surface area contributed by atoms with Gasteiger partial charge in [0.25, 0.3) is 0 Å². The van der Waals surface area contributed by atoms with E-state index in [-0.39, 0.29) is 12.4 Å². The summed E-state index contributed by atoms with van der Waals surface area (Å²) in [7, 11) is 0. The van der Waals surface area contributed by atoms with Gasteiger partial charge >= 0.3 is 0 Å². The Hall–Kier alpha value is -2.33. The molecule has 5 heteroatoms. The lowest BCUT2D eigenvalue weighted by Crippen LogP contribution is -2.03. The third-order valence-electron chi connectivity index (χ3n) is 5.51. The third kappa shape index (κ3) is 3.10. The number of benzene rings is 1. The second-order valence-electron chi connectivity index (χ2n) is 7.77. The molecule has 0 unspecified atom stereocenters. The van der Waals surface area contributed by atoms with E-state index in [1.165, 1.54) is 39.6 Å². The Morgan fingerprint density at radius 1 is 0.929 bits per heavy atom. The predicted octanol–water partition coefficient (Wildman–Crippen LogP) is 6.12. The number of hydrogen-bond acceptors (Lipinski definition) is 2. The van der Waals surface area contributed by atoms with Gasteiger partial charge in [0.1, 0.15) is 5.65 Å². The number of aromatic nitrogens is 4. The molecule has 0 atom stereocenters. The lowest BCUT2D eigenvalue weighted by Gasteiger charge is -2.12. The summed E-state index contributed by atoms with van der Waals surface area (Å²) < 4.78 is 4.38. The summed E-state index contributed by atoms with van der Waals surface area (Å²) in [4.78, 5) is 4.99. The lowest BCUT2D eigenvalue weighted by molar-refractivity contribution is 0.640. The third-order valence-corrected chi connectivity index (χ3v) is 5.51. The highest BCUT2D eigenvalue weighted by atomic mass is 35.5. The van der Waals surface area contributed by atoms with Crippen molar-refractivity contribution < 1.29 is 0 Å². The average Bonchev–Trinajstić information content (AvgIpc) is 3.15. The van der Waals surface area contributed by atoms with E-state index >= 15 is 0 Å². The van der Waals surface area contributed by atoms with Crippen molar-refractivity contribution in [2.45, 2.75) is 60.9 Å². The predicted molar refractivity (Wildman–Crippen MR) is 120 cm³/mol. The van der Waals surface area contributed by atoms with Crippen molar-refractivity contribution in [2.24, 2.45) is 0 Å². The van der Waals surface area contributed by atoms with Crippen LogP contribution in [0.5, 0.6) is 0 Å². The first-order valence-electron chi connectivity index (χ1n) is 9.85. The molecule has 4 nitrogen and oxygen atoms in total. The minimum atomic E-state index is 0. The van der Waals surface area contributed by atoms with Crippen LogP contribution in [0.4, 0.5) is 0 Å². The van der Waals surface area contributed by atoms with Gasteiger partial charge in [0.05, 0.1) is 17.0 Å². The fraction of sp³-hybridized carbons (Fsp3) is 0.391. The van der Waals surface area contributed by atoms with Crippen molar-refractivity contribution in [1.29, 1.82) is 0 Å². The molecule has 3 aromatic heterocycles. The number of rotatable bonds is 4. The van der Waals surface area contributed by atoms with Gasteiger partial charge in [0, 0.05) is 18.1 Å². The Morgan fingerprint density at radius 3 is 2.25 bits per heavy atom. The molecule has 0 spiro atoms. The highest BCUT2D eigenvalue weighted by molar-refractivity contribution is 5.89. The molecular weight excluding hydrogens is 368 g/mol. The Morgan fingerprint density at radius 2 is 1.61 bits per heavy atom. The molecule has 0 N–H and O–H groups in total. The van der Waals surface area contributed by atoms with E-state index < -0.39 is 0 Å². The zero-order valence-electron chi connectivity index (χ0n) is 17.6. The van der Waals surface area contributed by atoms with Crippen LogP contribution >= 0.6 is 12.4 Å². The normalized spacial score (nSPS) is 11.4. The van der Waals surface area contributed by atoms with Gasteiger partial charge < -0.3 is 4.57 Å². The number of unbranched alkanes of at least 4 members (excludes halogenated alkanes) is 1. The second kappa shape index (κ2) is 7.59. The highest BCUT2D eigenvalue weighted by Crippen LogP contribution is 2.35. The average molecular weight is 397 g/mol. The van der Waals surface area contributed by atoms with Crippen molar-refractivity contribution in [2.75, 3.05) is 0 Å². The molecule has 4 rings (SSSR count). The fourth-order valence-electron chi connectivity index (χ4n) is 4.34. The van der Waals surface area contributed by atoms with Gasteiger partial charge in [-0.2, -0.15) is 9.61 Å². The first-order valence-corrected chi connectivity index (χ1v) is 9.85. The summed E-state index contributed by atoms with van der Waals surface area (Å²) in [6.07, 6.45) is 4.52. The summed E-state index contributed by atoms with van der Waals surface area (Å²) in [5, 5.41) is 6.12. The quantitative estimate of drug-likeness (QED) is 0.416. The number of nitrogens with zero attached hydrogens (tertiary/aromatic N) is 4. The van der Waals surface area contributed by atoms with E-state index in [4.69, 9.17) is 10.1 Å². The van der Waals surface area contributed by atoms with Crippen molar-refractivity contribution in [3.8, 4) is 11.1 Å². The van der Waals surface area contributed by atoms with Crippen LogP contribution in [-0.4, -0.2) is 19.2 Å². The fourth-order valence-corrected chi connectivity index (χ4v) is 4.34. The maximum absolute atomic E-state index is 4.99. The van der Waals surface area contributed by atoms with Crippen molar-refractivity contribution in [3.05, 3.63) is 52.5 Å². The summed E-state index contributed by atoms with van der Waals surface area (Å²) in [5.74, 6) is 0. The zero-order chi connectivity index (χ0) is 19.3. The van der Waals surface area contributed by atoms with Crippen molar-refractivity contribution in [3.63, 3.8) is 0 Å². The molecule has 1 aromatic carbocycles. The molecular formula is C23H29ClN4. The number of halogens is 1. The second-order valence-corrected chi connectivity index (χ2v) is 7.77. The molecule has 0 saturated carbocycles. The van der Waals surface area contributed by atoms with Crippen LogP contribution in [0.3, 0.4) is 0 Å². The van der Waals surface area contributed by atoms with Crippen molar-refractivity contribution in [1.82, 2.24) is 19.2 Å². The smallest absolute Gasteiger partial charge is 0.165 e. The van der Waals surface area contributed by atoms with Crippen LogP contribution in [0.1, 0.15) is 47.8 Å². The molecule has 28 heavy (non-hydrogen) atoms. The molecule has 0 fully saturated rings. The van der Waals surface area contributed by atoms with Crippen molar-refractivity contribution >= 4 is 29.1 Å². The molecule has 0 amide bonds. The maximum Gasteiger partial charge on any atom is 0.165 e. The summed E-state index contributed by atoms with van der Waals surface area (Å²) in [6, 6.07) is 6.67. The zero-order valence-corrected chi connectivity index (χ0v) is 18.4. The standard InChI is InChI=1S/C23H28N4.ClH/c1-7-8-10-26-11-9-19-17(5)24-22-21(18(6)25-27(22)23(19)26)20-15(3)12-14(2)13-16(20)4;/h9,11-13H,7-8,10H2,1-6H3;1H. The molecule has 0 aliphatic rings. The summed E-state index contributed by atoms with van der Waals surface area (Å²) in [6.45, 7) is 14.0. The largest absolute Gasteiger partial charge is 0.332 e. The van der Waals surface area contributed by atoms with Gasteiger partial charge in [-0.1, -0.05) is 31.0 Å². The molecule has 0 saturated heterocycles. The Labute approximate surface area is 173 Å². The topological polar surface area (TPSA) is 35.1 Å². The van der Waals surface area contributed by atoms with E-state index in [9.17, 15) is 0 Å². The minimum absolute atomic E-state index is 0. The van der Waals surface area contributed by atoms with Crippen LogP contribution in [0.2, 0.25) is 0 Å². The minimum Gasteiger partial charge on any atom is -0.332 e. The molecule has 148 valence electrons. The van der Waals surface area contributed by atoms with Gasteiger partial charge in [0.2, 0.25) is 0 Å². The van der Waals surface area contributed by atoms with E-state index in [0.717, 1.165) is 35.6 Å². The molecule has 0 aliphatic carbocycles. The Bertz CT molecular complexity index is 1140. The number of fused-ring (bicyclic) bond motifs is 3. The van der Waals surface area contributed by atoms with Crippen LogP contribution in [0.15, 0.2) is 24.4 Å². The Kier molecular flexibility index (Phi) is 5.53. The lowest BCUT2D eigenvalue weighted by atomic mass is 9.94. The molecule has 0 radical (unpaired) electrons. The van der Waals surface area contributed by atoms with Gasteiger partial charge in [0.15, 0.2) is 5.65 Å². The van der Waals surface area contributed by atoms with Crippen LogP contribution < -0.4 is 0 Å². The van der Waals surface area contributed by atoms with Gasteiger partial charge in [-0.25, -0.2) is 4.98 Å². The van der Waals surface area contributed by atoms with Gasteiger partial charge in [-0.05, 0) is 63.8 Å². The molecule has 3 heterocycles. The monoisotopic (exact) mass is 396 g/mol. The van der Waals surface area contributed by atoms with E-state index in [1.807, 2.05) is 0 Å². The van der Waals surface area contributed by atoms with Crippen LogP contribution in [0, 0.1) is 34.6 Å². The SMILES string of the molecule is CCCCn1ccc2c(C)nc3c(-c4c(C)cc(C)cc4C)c(C)nn3c21.Cl. The number of hydrogen-bond donors (Lipinski definition) is 0. The molecule has 0 bridgehead atoms. The summed E-state index contributed by atoms with van der Waals surface area (Å²) >= 11 is 0. The van der Waals surface area contributed by atoms with E-state index in [1.54, 1.807) is 0 Å². The van der Waals surface area contributed by atoms with Crippen LogP contribution in [0.25, 0.3) is 27.8 Å². The first kappa shape index (κ1) is 20.4. The highest BCUT2D eigenvalue weighted by Gasteiger charge is 2.20. The maximum atomic E-state index is 4.99. The van der Waals surface area contributed by atoms with Gasteiger partial charge in [-0.3, -0.25) is 0 Å². The van der Waals surface area contributed by atoms with E-state index in [0.29, 0.717) is 0 Å². The summed E-state index contributed by atoms with van der Waals surface area (Å²) in [5.41, 5.74) is 10.5. The Balaban J connectivity index is 0.00000225. The van der Waals surface area contributed by atoms with Crippen LogP contribution in [-0.2, 0) is 6.54 Å². The molecule has 4 aromatic rings. The molecule has 0 aliphatic heterocycles. The number of aryl methyl sites for hydroxylation is 6. The van der Waals surface area contributed by atoms with E-state index in [2.05, 4.69) is 75.0 Å². The first-order chi connectivity index (χ1) is 12.9.